The smallest absolute Gasteiger partial charge is 0.341 e. The largest absolute Gasteiger partial charge is 0.490 e. The maximum atomic E-state index is 12.5. The highest BCUT2D eigenvalue weighted by Crippen LogP contribution is 2.29. The summed E-state index contributed by atoms with van der Waals surface area (Å²) in [6.45, 7) is 1.60. The second-order valence-electron chi connectivity index (χ2n) is 6.56. The van der Waals surface area contributed by atoms with Crippen LogP contribution in [0.5, 0.6) is 11.5 Å². The SMILES string of the molecule is CCOc1cc(C(=O)Nc2ccc(C(=O)NC3CC3)cc2)ccc1OCC(=O)O. The predicted octanol–water partition coefficient (Wildman–Crippen LogP) is 2.69. The quantitative estimate of drug-likeness (QED) is 0.598. The van der Waals surface area contributed by atoms with Crippen LogP contribution in [0.2, 0.25) is 0 Å². The third kappa shape index (κ3) is 5.71. The van der Waals surface area contributed by atoms with Crippen molar-refractivity contribution < 1.29 is 29.0 Å². The van der Waals surface area contributed by atoms with Gasteiger partial charge in [-0.25, -0.2) is 4.79 Å². The molecule has 0 bridgehead atoms. The summed E-state index contributed by atoms with van der Waals surface area (Å²) in [7, 11) is 0. The Morgan fingerprint density at radius 2 is 1.66 bits per heavy atom. The molecular formula is C21H22N2O6. The fourth-order valence-corrected chi connectivity index (χ4v) is 2.58. The number of ether oxygens (including phenoxy) is 2. The van der Waals surface area contributed by atoms with Crippen LogP contribution in [0.4, 0.5) is 5.69 Å². The third-order valence-electron chi connectivity index (χ3n) is 4.17. The summed E-state index contributed by atoms with van der Waals surface area (Å²) in [6, 6.07) is 11.4. The van der Waals surface area contributed by atoms with Gasteiger partial charge in [0.05, 0.1) is 6.61 Å². The Morgan fingerprint density at radius 1 is 0.966 bits per heavy atom. The van der Waals surface area contributed by atoms with Crippen molar-refractivity contribution in [1.82, 2.24) is 5.32 Å². The third-order valence-corrected chi connectivity index (χ3v) is 4.17. The average Bonchev–Trinajstić information content (AvgIpc) is 3.51. The van der Waals surface area contributed by atoms with Crippen molar-refractivity contribution in [2.45, 2.75) is 25.8 Å². The zero-order valence-corrected chi connectivity index (χ0v) is 15.9. The van der Waals surface area contributed by atoms with Gasteiger partial charge in [-0.05, 0) is 62.2 Å². The summed E-state index contributed by atoms with van der Waals surface area (Å²) in [5.74, 6) is -1.07. The van der Waals surface area contributed by atoms with Crippen molar-refractivity contribution in [3.63, 3.8) is 0 Å². The number of anilines is 1. The molecule has 0 aromatic heterocycles. The van der Waals surface area contributed by atoms with Gasteiger partial charge >= 0.3 is 5.97 Å². The molecule has 0 aliphatic heterocycles. The van der Waals surface area contributed by atoms with Crippen molar-refractivity contribution in [2.24, 2.45) is 0 Å². The van der Waals surface area contributed by atoms with Crippen molar-refractivity contribution in [2.75, 3.05) is 18.5 Å². The topological polar surface area (TPSA) is 114 Å². The molecule has 0 spiro atoms. The van der Waals surface area contributed by atoms with Crippen LogP contribution in [0.1, 0.15) is 40.5 Å². The molecule has 2 amide bonds. The van der Waals surface area contributed by atoms with Crippen LogP contribution in [0.15, 0.2) is 42.5 Å². The summed E-state index contributed by atoms with van der Waals surface area (Å²) in [5.41, 5.74) is 1.40. The maximum absolute atomic E-state index is 12.5. The van der Waals surface area contributed by atoms with E-state index < -0.39 is 12.6 Å². The van der Waals surface area contributed by atoms with E-state index in [1.807, 2.05) is 0 Å². The summed E-state index contributed by atoms with van der Waals surface area (Å²) in [5, 5.41) is 14.4. The van der Waals surface area contributed by atoms with E-state index in [1.165, 1.54) is 18.2 Å². The number of benzene rings is 2. The van der Waals surface area contributed by atoms with Crippen LogP contribution < -0.4 is 20.1 Å². The van der Waals surface area contributed by atoms with Crippen LogP contribution >= 0.6 is 0 Å². The summed E-state index contributed by atoms with van der Waals surface area (Å²) >= 11 is 0. The molecule has 3 N–H and O–H groups in total. The second-order valence-corrected chi connectivity index (χ2v) is 6.56. The number of amides is 2. The molecule has 0 heterocycles. The first-order valence-corrected chi connectivity index (χ1v) is 9.30. The van der Waals surface area contributed by atoms with E-state index in [0.717, 1.165) is 12.8 Å². The molecule has 2 aromatic rings. The lowest BCUT2D eigenvalue weighted by Gasteiger charge is -2.12. The first-order chi connectivity index (χ1) is 14.0. The summed E-state index contributed by atoms with van der Waals surface area (Å²) in [6.07, 6.45) is 2.04. The number of carboxylic acid groups (broad SMARTS) is 1. The number of aliphatic carboxylic acids is 1. The molecule has 1 saturated carbocycles. The molecule has 29 heavy (non-hydrogen) atoms. The molecular weight excluding hydrogens is 376 g/mol. The molecule has 1 aliphatic carbocycles. The van der Waals surface area contributed by atoms with E-state index in [4.69, 9.17) is 14.6 Å². The highest BCUT2D eigenvalue weighted by Gasteiger charge is 2.23. The fraction of sp³-hybridized carbons (Fsp3) is 0.286. The molecule has 8 nitrogen and oxygen atoms in total. The lowest BCUT2D eigenvalue weighted by molar-refractivity contribution is -0.139. The molecule has 8 heteroatoms. The first kappa shape index (κ1) is 20.2. The van der Waals surface area contributed by atoms with Crippen LogP contribution in [0, 0.1) is 0 Å². The van der Waals surface area contributed by atoms with Gasteiger partial charge in [0.15, 0.2) is 18.1 Å². The molecule has 3 rings (SSSR count). The van der Waals surface area contributed by atoms with Gasteiger partial charge in [-0.2, -0.15) is 0 Å². The standard InChI is InChI=1S/C21H22N2O6/c1-2-28-18-11-14(5-10-17(18)29-12-19(24)25)21(27)23-15-6-3-13(4-7-15)20(26)22-16-8-9-16/h3-7,10-11,16H,2,8-9,12H2,1H3,(H,22,26)(H,23,27)(H,24,25). The van der Waals surface area contributed by atoms with Gasteiger partial charge < -0.3 is 25.2 Å². The van der Waals surface area contributed by atoms with Crippen molar-refractivity contribution >= 4 is 23.5 Å². The highest BCUT2D eigenvalue weighted by molar-refractivity contribution is 6.05. The summed E-state index contributed by atoms with van der Waals surface area (Å²) in [4.78, 5) is 35.2. The number of carbonyl (C=O) groups is 3. The van der Waals surface area contributed by atoms with Crippen molar-refractivity contribution in [1.29, 1.82) is 0 Å². The number of carboxylic acids is 1. The molecule has 0 saturated heterocycles. The average molecular weight is 398 g/mol. The molecule has 1 aliphatic rings. The summed E-state index contributed by atoms with van der Waals surface area (Å²) < 4.78 is 10.6. The molecule has 1 fully saturated rings. The Kier molecular flexibility index (Phi) is 6.33. The van der Waals surface area contributed by atoms with E-state index in [0.29, 0.717) is 23.4 Å². The Bertz CT molecular complexity index is 906. The van der Waals surface area contributed by atoms with Crippen molar-refractivity contribution in [3.05, 3.63) is 53.6 Å². The number of hydrogen-bond donors (Lipinski definition) is 3. The van der Waals surface area contributed by atoms with E-state index in [2.05, 4.69) is 10.6 Å². The normalized spacial score (nSPS) is 12.7. The highest BCUT2D eigenvalue weighted by atomic mass is 16.5. The molecule has 2 aromatic carbocycles. The van der Waals surface area contributed by atoms with E-state index >= 15 is 0 Å². The molecule has 0 atom stereocenters. The zero-order valence-electron chi connectivity index (χ0n) is 15.9. The van der Waals surface area contributed by atoms with Crippen LogP contribution in [0.25, 0.3) is 0 Å². The zero-order chi connectivity index (χ0) is 20.8. The van der Waals surface area contributed by atoms with Crippen LogP contribution in [-0.2, 0) is 4.79 Å². The number of hydrogen-bond acceptors (Lipinski definition) is 5. The molecule has 0 radical (unpaired) electrons. The lowest BCUT2D eigenvalue weighted by Crippen LogP contribution is -2.25. The lowest BCUT2D eigenvalue weighted by atomic mass is 10.1. The van der Waals surface area contributed by atoms with Gasteiger partial charge in [0.1, 0.15) is 0 Å². The molecule has 152 valence electrons. The Morgan fingerprint density at radius 3 is 2.28 bits per heavy atom. The van der Waals surface area contributed by atoms with Gasteiger partial charge in [-0.3, -0.25) is 9.59 Å². The first-order valence-electron chi connectivity index (χ1n) is 9.30. The number of nitrogens with one attached hydrogen (secondary N) is 2. The van der Waals surface area contributed by atoms with Gasteiger partial charge in [0.2, 0.25) is 0 Å². The second kappa shape index (κ2) is 9.09. The number of rotatable bonds is 9. The van der Waals surface area contributed by atoms with Crippen LogP contribution in [0.3, 0.4) is 0 Å². The van der Waals surface area contributed by atoms with Crippen LogP contribution in [-0.4, -0.2) is 42.1 Å². The van der Waals surface area contributed by atoms with E-state index in [1.54, 1.807) is 31.2 Å². The predicted molar refractivity (Wildman–Crippen MR) is 106 cm³/mol. The minimum atomic E-state index is -1.11. The Hall–Kier alpha value is -3.55. The van der Waals surface area contributed by atoms with Gasteiger partial charge in [-0.1, -0.05) is 0 Å². The van der Waals surface area contributed by atoms with Crippen molar-refractivity contribution in [3.8, 4) is 11.5 Å². The monoisotopic (exact) mass is 398 g/mol. The van der Waals surface area contributed by atoms with E-state index in [-0.39, 0.29) is 29.4 Å². The minimum absolute atomic E-state index is 0.122. The fourth-order valence-electron chi connectivity index (χ4n) is 2.58. The Balaban J connectivity index is 1.66. The maximum Gasteiger partial charge on any atom is 0.341 e. The van der Waals surface area contributed by atoms with E-state index in [9.17, 15) is 14.4 Å². The molecule has 0 unspecified atom stereocenters. The van der Waals surface area contributed by atoms with Gasteiger partial charge in [0.25, 0.3) is 11.8 Å². The Labute approximate surface area is 167 Å². The van der Waals surface area contributed by atoms with Gasteiger partial charge in [0, 0.05) is 22.9 Å². The minimum Gasteiger partial charge on any atom is -0.490 e. The van der Waals surface area contributed by atoms with Gasteiger partial charge in [-0.15, -0.1) is 0 Å². The number of carbonyl (C=O) groups excluding carboxylic acids is 2.